The van der Waals surface area contributed by atoms with E-state index in [1.807, 2.05) is 16.4 Å². The first-order valence-electron chi connectivity index (χ1n) is 9.69. The highest BCUT2D eigenvalue weighted by atomic mass is 32.2. The van der Waals surface area contributed by atoms with E-state index in [1.165, 1.54) is 6.07 Å². The fourth-order valence-electron chi connectivity index (χ4n) is 3.08. The first kappa shape index (κ1) is 21.6. The van der Waals surface area contributed by atoms with Crippen LogP contribution in [-0.4, -0.2) is 57.6 Å². The second-order valence-electron chi connectivity index (χ2n) is 7.11. The average molecular weight is 450 g/mol. The van der Waals surface area contributed by atoms with E-state index in [0.717, 1.165) is 31.9 Å². The van der Waals surface area contributed by atoms with E-state index < -0.39 is 18.1 Å². The van der Waals surface area contributed by atoms with Crippen LogP contribution in [0, 0.1) is 5.82 Å². The van der Waals surface area contributed by atoms with E-state index in [4.69, 9.17) is 4.42 Å². The van der Waals surface area contributed by atoms with Crippen molar-refractivity contribution in [1.82, 2.24) is 24.4 Å². The Morgan fingerprint density at radius 3 is 2.61 bits per heavy atom. The minimum Gasteiger partial charge on any atom is -0.415 e. The van der Waals surface area contributed by atoms with E-state index in [0.29, 0.717) is 12.1 Å². The van der Waals surface area contributed by atoms with Gasteiger partial charge in [0, 0.05) is 55.6 Å². The zero-order chi connectivity index (χ0) is 21.8. The fourth-order valence-corrected chi connectivity index (χ4v) is 4.08. The molecule has 11 heteroatoms. The Hall–Kier alpha value is -2.63. The Kier molecular flexibility index (Phi) is 6.73. The molecule has 1 fully saturated rings. The smallest absolute Gasteiger partial charge is 0.314 e. The highest BCUT2D eigenvalue weighted by molar-refractivity contribution is 7.98. The lowest BCUT2D eigenvalue weighted by atomic mass is 10.1. The van der Waals surface area contributed by atoms with Gasteiger partial charge in [0.15, 0.2) is 0 Å². The molecule has 2 aromatic heterocycles. The second kappa shape index (κ2) is 9.67. The maximum Gasteiger partial charge on any atom is 0.314 e. The highest BCUT2D eigenvalue weighted by Crippen LogP contribution is 2.30. The van der Waals surface area contributed by atoms with Crippen LogP contribution >= 0.6 is 12.1 Å². The molecule has 1 aliphatic rings. The van der Waals surface area contributed by atoms with Crippen molar-refractivity contribution in [2.75, 3.05) is 37.5 Å². The molecule has 3 aromatic rings. The molecule has 0 spiro atoms. The molecule has 3 heterocycles. The van der Waals surface area contributed by atoms with Gasteiger partial charge in [0.25, 0.3) is 5.89 Å². The predicted molar refractivity (Wildman–Crippen MR) is 112 cm³/mol. The Morgan fingerprint density at radius 2 is 1.97 bits per heavy atom. The summed E-state index contributed by atoms with van der Waals surface area (Å²) in [6, 6.07) is 8.17. The summed E-state index contributed by atoms with van der Waals surface area (Å²) in [5.74, 6) is -1.41. The van der Waals surface area contributed by atoms with Crippen LogP contribution in [0.5, 0.6) is 0 Å². The zero-order valence-corrected chi connectivity index (χ0v) is 17.6. The molecule has 0 aliphatic carbocycles. The lowest BCUT2D eigenvalue weighted by molar-refractivity contribution is 0.116. The molecule has 0 radical (unpaired) electrons. The van der Waals surface area contributed by atoms with Gasteiger partial charge in [-0.25, -0.2) is 8.70 Å². The van der Waals surface area contributed by atoms with Crippen LogP contribution in [0.1, 0.15) is 17.9 Å². The van der Waals surface area contributed by atoms with Crippen molar-refractivity contribution >= 4 is 17.8 Å². The number of anilines is 1. The molecule has 164 valence electrons. The molecule has 0 unspecified atom stereocenters. The molecule has 0 amide bonds. The zero-order valence-electron chi connectivity index (χ0n) is 16.8. The number of alkyl halides is 2. The Bertz CT molecular complexity index is 998. The van der Waals surface area contributed by atoms with E-state index in [2.05, 4.69) is 31.4 Å². The third kappa shape index (κ3) is 5.35. The summed E-state index contributed by atoms with van der Waals surface area (Å²) >= 11 is 1.54. The number of piperazine rings is 1. The number of hydrogen-bond acceptors (Lipinski definition) is 8. The number of nitrogens with zero attached hydrogens (tertiary/aromatic N) is 6. The van der Waals surface area contributed by atoms with Crippen molar-refractivity contribution in [2.24, 2.45) is 0 Å². The summed E-state index contributed by atoms with van der Waals surface area (Å²) in [5, 5.41) is 6.86. The van der Waals surface area contributed by atoms with Crippen molar-refractivity contribution < 1.29 is 17.6 Å². The number of hydrogen-bond donors (Lipinski definition) is 0. The lowest BCUT2D eigenvalue weighted by Crippen LogP contribution is -2.42. The molecule has 0 bridgehead atoms. The van der Waals surface area contributed by atoms with Gasteiger partial charge in [-0.2, -0.15) is 8.78 Å². The number of pyridine rings is 1. The van der Waals surface area contributed by atoms with E-state index in [1.54, 1.807) is 36.7 Å². The topological polar surface area (TPSA) is 61.5 Å². The molecule has 0 N–H and O–H groups in total. The molecule has 4 rings (SSSR count). The molecular formula is C20H21F3N6OS. The summed E-state index contributed by atoms with van der Waals surface area (Å²) in [7, 11) is 2.09. The number of benzene rings is 1. The number of likely N-dealkylation sites (N-methyl/N-ethyl adjacent to an activating group) is 1. The number of aromatic nitrogens is 3. The minimum atomic E-state index is -2.87. The van der Waals surface area contributed by atoms with Crippen LogP contribution in [-0.2, 0) is 6.54 Å². The van der Waals surface area contributed by atoms with Crippen LogP contribution in [0.2, 0.25) is 0 Å². The van der Waals surface area contributed by atoms with Gasteiger partial charge in [-0.15, -0.1) is 10.2 Å². The molecule has 31 heavy (non-hydrogen) atoms. The maximum absolute atomic E-state index is 14.9. The van der Waals surface area contributed by atoms with Crippen molar-refractivity contribution in [3.8, 4) is 11.5 Å². The van der Waals surface area contributed by atoms with E-state index >= 15 is 0 Å². The Morgan fingerprint density at radius 1 is 1.16 bits per heavy atom. The predicted octanol–water partition coefficient (Wildman–Crippen LogP) is 4.03. The number of halogens is 3. The van der Waals surface area contributed by atoms with Gasteiger partial charge in [-0.05, 0) is 31.3 Å². The van der Waals surface area contributed by atoms with E-state index in [-0.39, 0.29) is 11.5 Å². The summed E-state index contributed by atoms with van der Waals surface area (Å²) in [6.07, 6.45) is 0.556. The fraction of sp³-hybridized carbons (Fsp3) is 0.350. The minimum absolute atomic E-state index is 0.142. The average Bonchev–Trinajstić information content (AvgIpc) is 3.27. The van der Waals surface area contributed by atoms with Gasteiger partial charge in [0.2, 0.25) is 5.89 Å². The van der Waals surface area contributed by atoms with Crippen LogP contribution in [0.3, 0.4) is 0 Å². The van der Waals surface area contributed by atoms with Crippen molar-refractivity contribution in [3.05, 3.63) is 60.0 Å². The Labute approximate surface area is 182 Å². The van der Waals surface area contributed by atoms with Gasteiger partial charge >= 0.3 is 6.43 Å². The highest BCUT2D eigenvalue weighted by Gasteiger charge is 2.21. The molecule has 1 aromatic carbocycles. The van der Waals surface area contributed by atoms with Gasteiger partial charge in [-0.3, -0.25) is 9.29 Å². The molecule has 1 saturated heterocycles. The monoisotopic (exact) mass is 450 g/mol. The van der Waals surface area contributed by atoms with Crippen LogP contribution in [0.4, 0.5) is 18.9 Å². The summed E-state index contributed by atoms with van der Waals surface area (Å²) in [5.41, 5.74) is 1.55. The first-order valence-corrected chi connectivity index (χ1v) is 10.4. The van der Waals surface area contributed by atoms with Crippen molar-refractivity contribution in [2.45, 2.75) is 13.0 Å². The Balaban J connectivity index is 1.53. The molecule has 0 atom stereocenters. The van der Waals surface area contributed by atoms with Gasteiger partial charge < -0.3 is 9.32 Å². The summed E-state index contributed by atoms with van der Waals surface area (Å²) in [4.78, 5) is 6.45. The second-order valence-corrected chi connectivity index (χ2v) is 8.23. The van der Waals surface area contributed by atoms with Crippen LogP contribution < -0.4 is 4.31 Å². The third-order valence-electron chi connectivity index (χ3n) is 4.85. The number of rotatable bonds is 7. The lowest BCUT2D eigenvalue weighted by Gasteiger charge is -2.35. The SMILES string of the molecule is CN1CCN(SN(Cc2ccc(-c3nnc(C(F)F)o3)cc2F)c2cccnc2)CC1. The molecule has 0 saturated carbocycles. The quantitative estimate of drug-likeness (QED) is 0.500. The van der Waals surface area contributed by atoms with E-state index in [9.17, 15) is 13.2 Å². The maximum atomic E-state index is 14.9. The first-order chi connectivity index (χ1) is 15.0. The van der Waals surface area contributed by atoms with Crippen molar-refractivity contribution in [1.29, 1.82) is 0 Å². The summed E-state index contributed by atoms with van der Waals surface area (Å²) < 4.78 is 49.4. The molecular weight excluding hydrogens is 429 g/mol. The standard InChI is InChI=1S/C20H21F3N6OS/c1-27-7-9-28(10-8-27)31-29(16-3-2-6-24-12-16)13-15-5-4-14(11-17(15)21)19-25-26-20(30-19)18(22)23/h2-6,11-12,18H,7-10,13H2,1H3. The summed E-state index contributed by atoms with van der Waals surface area (Å²) in [6.45, 7) is 4.00. The molecule has 1 aliphatic heterocycles. The van der Waals surface area contributed by atoms with Gasteiger partial charge in [0.1, 0.15) is 5.82 Å². The van der Waals surface area contributed by atoms with Crippen molar-refractivity contribution in [3.63, 3.8) is 0 Å². The largest absolute Gasteiger partial charge is 0.415 e. The molecule has 7 nitrogen and oxygen atoms in total. The third-order valence-corrected chi connectivity index (χ3v) is 5.98. The van der Waals surface area contributed by atoms with Gasteiger partial charge in [-0.1, -0.05) is 6.07 Å². The normalized spacial score (nSPS) is 15.5. The van der Waals surface area contributed by atoms with Crippen LogP contribution in [0.25, 0.3) is 11.5 Å². The van der Waals surface area contributed by atoms with Gasteiger partial charge in [0.05, 0.1) is 18.4 Å². The van der Waals surface area contributed by atoms with Crippen LogP contribution in [0.15, 0.2) is 47.1 Å².